The number of hydrogen-bond acceptors (Lipinski definition) is 4. The van der Waals surface area contributed by atoms with Gasteiger partial charge >= 0.3 is 0 Å². The van der Waals surface area contributed by atoms with Crippen LogP contribution in [0.15, 0.2) is 53.7 Å². The molecular weight excluding hydrogens is 332 g/mol. The van der Waals surface area contributed by atoms with Crippen molar-refractivity contribution in [2.24, 2.45) is 0 Å². The number of halogens is 1. The molecule has 0 spiro atoms. The van der Waals surface area contributed by atoms with Crippen molar-refractivity contribution in [3.05, 3.63) is 53.7 Å². The predicted molar refractivity (Wildman–Crippen MR) is 94.1 cm³/mol. The second kappa shape index (κ2) is 8.79. The molecule has 4 nitrogen and oxygen atoms in total. The highest BCUT2D eigenvalue weighted by Crippen LogP contribution is 2.21. The number of aromatic nitrogens is 1. The van der Waals surface area contributed by atoms with E-state index in [9.17, 15) is 4.79 Å². The molecule has 0 saturated carbocycles. The first kappa shape index (κ1) is 17.6. The molecule has 2 rings (SSSR count). The van der Waals surface area contributed by atoms with Crippen molar-refractivity contribution in [1.29, 1.82) is 0 Å². The van der Waals surface area contributed by atoms with Crippen molar-refractivity contribution in [2.45, 2.75) is 17.2 Å². The third-order valence-electron chi connectivity index (χ3n) is 3.17. The van der Waals surface area contributed by atoms with Gasteiger partial charge in [0.15, 0.2) is 0 Å². The molecule has 1 aromatic heterocycles. The third-order valence-corrected chi connectivity index (χ3v) is 4.46. The van der Waals surface area contributed by atoms with Gasteiger partial charge in [-0.2, -0.15) is 0 Å². The van der Waals surface area contributed by atoms with Crippen LogP contribution in [-0.2, 0) is 4.79 Å². The fourth-order valence-electron chi connectivity index (χ4n) is 1.90. The fraction of sp³-hybridized carbons (Fsp3) is 0.294. The molecule has 0 fully saturated rings. The van der Waals surface area contributed by atoms with Crippen LogP contribution in [0.1, 0.15) is 6.92 Å². The highest BCUT2D eigenvalue weighted by atomic mass is 35.5. The lowest BCUT2D eigenvalue weighted by Gasteiger charge is -2.21. The van der Waals surface area contributed by atoms with Crippen LogP contribution in [0.2, 0.25) is 5.02 Å². The first-order chi connectivity index (χ1) is 11.1. The van der Waals surface area contributed by atoms with Gasteiger partial charge in [-0.15, -0.1) is 0 Å². The van der Waals surface area contributed by atoms with E-state index in [4.69, 9.17) is 16.3 Å². The summed E-state index contributed by atoms with van der Waals surface area (Å²) in [6.45, 7) is 2.84. The summed E-state index contributed by atoms with van der Waals surface area (Å²) in [6, 6.07) is 12.8. The zero-order chi connectivity index (χ0) is 16.7. The van der Waals surface area contributed by atoms with Crippen LogP contribution in [0, 0.1) is 0 Å². The summed E-state index contributed by atoms with van der Waals surface area (Å²) in [5.41, 5.74) is 0. The Morgan fingerprint density at radius 3 is 2.70 bits per heavy atom. The molecule has 1 unspecified atom stereocenters. The number of rotatable bonds is 7. The number of amides is 1. The second-order valence-corrected chi connectivity index (χ2v) is 6.79. The van der Waals surface area contributed by atoms with Crippen LogP contribution in [0.4, 0.5) is 0 Å². The van der Waals surface area contributed by atoms with Crippen molar-refractivity contribution in [2.75, 3.05) is 20.2 Å². The van der Waals surface area contributed by atoms with E-state index < -0.39 is 0 Å². The van der Waals surface area contributed by atoms with Crippen molar-refractivity contribution in [1.82, 2.24) is 9.88 Å². The summed E-state index contributed by atoms with van der Waals surface area (Å²) in [5.74, 6) is 0.798. The Labute approximate surface area is 145 Å². The molecule has 0 bridgehead atoms. The summed E-state index contributed by atoms with van der Waals surface area (Å²) in [7, 11) is 1.78. The van der Waals surface area contributed by atoms with Crippen LogP contribution in [0.5, 0.6) is 5.75 Å². The summed E-state index contributed by atoms with van der Waals surface area (Å²) in [5, 5.41) is 1.33. The number of ether oxygens (including phenoxy) is 1. The van der Waals surface area contributed by atoms with E-state index in [-0.39, 0.29) is 11.2 Å². The average molecular weight is 351 g/mol. The summed E-state index contributed by atoms with van der Waals surface area (Å²) >= 11 is 7.28. The maximum Gasteiger partial charge on any atom is 0.235 e. The van der Waals surface area contributed by atoms with Gasteiger partial charge in [-0.1, -0.05) is 29.4 Å². The maximum atomic E-state index is 12.3. The number of carbonyl (C=O) groups is 1. The van der Waals surface area contributed by atoms with Gasteiger partial charge in [-0.05, 0) is 43.3 Å². The zero-order valence-electron chi connectivity index (χ0n) is 13.1. The number of hydrogen-bond donors (Lipinski definition) is 0. The van der Waals surface area contributed by atoms with Gasteiger partial charge in [0.2, 0.25) is 5.91 Å². The van der Waals surface area contributed by atoms with Gasteiger partial charge < -0.3 is 9.64 Å². The summed E-state index contributed by atoms with van der Waals surface area (Å²) in [4.78, 5) is 18.2. The van der Waals surface area contributed by atoms with Crippen LogP contribution in [-0.4, -0.2) is 41.2 Å². The molecule has 0 N–H and O–H groups in total. The lowest BCUT2D eigenvalue weighted by molar-refractivity contribution is -0.129. The van der Waals surface area contributed by atoms with Crippen molar-refractivity contribution in [3.63, 3.8) is 0 Å². The quantitative estimate of drug-likeness (QED) is 0.713. The topological polar surface area (TPSA) is 42.4 Å². The third kappa shape index (κ3) is 5.77. The molecule has 0 aliphatic carbocycles. The van der Waals surface area contributed by atoms with E-state index in [1.807, 2.05) is 37.3 Å². The second-order valence-electron chi connectivity index (χ2n) is 4.99. The first-order valence-corrected chi connectivity index (χ1v) is 8.53. The predicted octanol–water partition coefficient (Wildman–Crippen LogP) is 3.75. The Morgan fingerprint density at radius 2 is 2.04 bits per heavy atom. The van der Waals surface area contributed by atoms with Gasteiger partial charge in [0.1, 0.15) is 12.4 Å². The Balaban J connectivity index is 1.76. The molecule has 0 saturated heterocycles. The number of likely N-dealkylation sites (N-methyl/N-ethyl adjacent to an activating group) is 1. The number of thioether (sulfide) groups is 1. The Morgan fingerprint density at radius 1 is 1.30 bits per heavy atom. The summed E-state index contributed by atoms with van der Waals surface area (Å²) < 4.78 is 5.61. The average Bonchev–Trinajstić information content (AvgIpc) is 2.56. The molecule has 6 heteroatoms. The van der Waals surface area contributed by atoms with E-state index in [1.54, 1.807) is 30.3 Å². The number of carbonyl (C=O) groups excluding carboxylic acids is 1. The number of benzene rings is 1. The highest BCUT2D eigenvalue weighted by molar-refractivity contribution is 8.00. The maximum absolute atomic E-state index is 12.3. The lowest BCUT2D eigenvalue weighted by atomic mass is 10.3. The van der Waals surface area contributed by atoms with E-state index in [0.717, 1.165) is 10.8 Å². The van der Waals surface area contributed by atoms with E-state index >= 15 is 0 Å². The van der Waals surface area contributed by atoms with E-state index in [0.29, 0.717) is 18.2 Å². The zero-order valence-corrected chi connectivity index (χ0v) is 14.7. The molecule has 1 atom stereocenters. The minimum atomic E-state index is -0.189. The summed E-state index contributed by atoms with van der Waals surface area (Å²) in [6.07, 6.45) is 1.73. The molecule has 0 aliphatic heterocycles. The molecule has 23 heavy (non-hydrogen) atoms. The largest absolute Gasteiger partial charge is 0.492 e. The molecule has 1 aromatic carbocycles. The normalized spacial score (nSPS) is 11.8. The van der Waals surface area contributed by atoms with E-state index in [1.165, 1.54) is 11.8 Å². The van der Waals surface area contributed by atoms with Crippen LogP contribution in [0.3, 0.4) is 0 Å². The Bertz CT molecular complexity index is 622. The smallest absolute Gasteiger partial charge is 0.235 e. The molecule has 1 heterocycles. The SMILES string of the molecule is CC(Sc1ccccn1)C(=O)N(C)CCOc1ccc(Cl)cc1. The van der Waals surface area contributed by atoms with E-state index in [2.05, 4.69) is 4.98 Å². The Kier molecular flexibility index (Phi) is 6.74. The van der Waals surface area contributed by atoms with Gasteiger partial charge in [-0.25, -0.2) is 4.98 Å². The van der Waals surface area contributed by atoms with Crippen LogP contribution in [0.25, 0.3) is 0 Å². The minimum Gasteiger partial charge on any atom is -0.492 e. The van der Waals surface area contributed by atoms with Gasteiger partial charge in [0.25, 0.3) is 0 Å². The molecule has 122 valence electrons. The molecule has 0 radical (unpaired) electrons. The van der Waals surface area contributed by atoms with Crippen molar-refractivity contribution < 1.29 is 9.53 Å². The lowest BCUT2D eigenvalue weighted by Crippen LogP contribution is -2.36. The van der Waals surface area contributed by atoms with Gasteiger partial charge in [-0.3, -0.25) is 4.79 Å². The number of pyridine rings is 1. The van der Waals surface area contributed by atoms with Crippen molar-refractivity contribution in [3.8, 4) is 5.75 Å². The Hall–Kier alpha value is -1.72. The molecule has 2 aromatic rings. The van der Waals surface area contributed by atoms with Crippen LogP contribution < -0.4 is 4.74 Å². The molecular formula is C17H19ClN2O2S. The first-order valence-electron chi connectivity index (χ1n) is 7.27. The number of nitrogens with zero attached hydrogens (tertiary/aromatic N) is 2. The van der Waals surface area contributed by atoms with Crippen molar-refractivity contribution >= 4 is 29.3 Å². The van der Waals surface area contributed by atoms with Gasteiger partial charge in [0.05, 0.1) is 16.8 Å². The van der Waals surface area contributed by atoms with Crippen LogP contribution >= 0.6 is 23.4 Å². The monoisotopic (exact) mass is 350 g/mol. The molecule has 0 aliphatic rings. The fourth-order valence-corrected chi connectivity index (χ4v) is 2.95. The minimum absolute atomic E-state index is 0.0559. The molecule has 1 amide bonds. The van der Waals surface area contributed by atoms with Gasteiger partial charge in [0, 0.05) is 18.3 Å². The highest BCUT2D eigenvalue weighted by Gasteiger charge is 2.18. The standard InChI is InChI=1S/C17H19ClN2O2S/c1-13(23-16-5-3-4-10-19-16)17(21)20(2)11-12-22-15-8-6-14(18)7-9-15/h3-10,13H,11-12H2,1-2H3.